The molecule has 90 valence electrons. The van der Waals surface area contributed by atoms with Crippen LogP contribution in [0.25, 0.3) is 5.57 Å². The highest BCUT2D eigenvalue weighted by Gasteiger charge is 2.17. The van der Waals surface area contributed by atoms with Crippen molar-refractivity contribution in [1.82, 2.24) is 0 Å². The smallest absolute Gasteiger partial charge is 0.310 e. The van der Waals surface area contributed by atoms with Gasteiger partial charge in [0.2, 0.25) is 0 Å². The van der Waals surface area contributed by atoms with Gasteiger partial charge in [0.25, 0.3) is 0 Å². The van der Waals surface area contributed by atoms with E-state index in [4.69, 9.17) is 9.47 Å². The molecule has 1 aromatic carbocycles. The summed E-state index contributed by atoms with van der Waals surface area (Å²) in [6.45, 7) is 2.25. The second-order valence-electron chi connectivity index (χ2n) is 3.94. The summed E-state index contributed by atoms with van der Waals surface area (Å²) in [6, 6.07) is 5.97. The third kappa shape index (κ3) is 2.49. The van der Waals surface area contributed by atoms with Gasteiger partial charge < -0.3 is 9.47 Å². The maximum Gasteiger partial charge on any atom is 0.310 e. The summed E-state index contributed by atoms with van der Waals surface area (Å²) in [5, 5.41) is 0. The fourth-order valence-corrected chi connectivity index (χ4v) is 2.04. The quantitative estimate of drug-likeness (QED) is 0.748. The minimum absolute atomic E-state index is 0.172. The fourth-order valence-electron chi connectivity index (χ4n) is 2.04. The lowest BCUT2D eigenvalue weighted by Crippen LogP contribution is -2.04. The Labute approximate surface area is 101 Å². The normalized spacial score (nSPS) is 12.9. The number of carbonyl (C=O) groups excluding carboxylic acids is 1. The molecule has 0 unspecified atom stereocenters. The number of fused-ring (bicyclic) bond motifs is 1. The molecule has 3 heteroatoms. The van der Waals surface area contributed by atoms with Gasteiger partial charge in [-0.1, -0.05) is 12.1 Å². The van der Waals surface area contributed by atoms with Crippen molar-refractivity contribution in [2.24, 2.45) is 0 Å². The van der Waals surface area contributed by atoms with Crippen molar-refractivity contribution in [2.75, 3.05) is 13.7 Å². The van der Waals surface area contributed by atoms with E-state index in [1.807, 2.05) is 25.1 Å². The molecule has 17 heavy (non-hydrogen) atoms. The summed E-state index contributed by atoms with van der Waals surface area (Å²) in [4.78, 5) is 11.5. The molecule has 0 aromatic heterocycles. The third-order valence-corrected chi connectivity index (χ3v) is 2.87. The van der Waals surface area contributed by atoms with Crippen LogP contribution >= 0.6 is 0 Å². The number of esters is 1. The van der Waals surface area contributed by atoms with Crippen LogP contribution in [-0.2, 0) is 16.0 Å². The lowest BCUT2D eigenvalue weighted by Gasteiger charge is -2.07. The van der Waals surface area contributed by atoms with Crippen LogP contribution in [0.15, 0.2) is 24.3 Å². The molecule has 0 amide bonds. The minimum atomic E-state index is -0.172. The Bertz CT molecular complexity index is 461. The highest BCUT2D eigenvalue weighted by Crippen LogP contribution is 2.32. The summed E-state index contributed by atoms with van der Waals surface area (Å²) in [5.74, 6) is 0.648. The van der Waals surface area contributed by atoms with Crippen LogP contribution in [0.1, 0.15) is 24.5 Å². The van der Waals surface area contributed by atoms with Gasteiger partial charge in [-0.2, -0.15) is 0 Å². The second kappa shape index (κ2) is 5.04. The number of hydrogen-bond donors (Lipinski definition) is 0. The van der Waals surface area contributed by atoms with Gasteiger partial charge in [-0.25, -0.2) is 0 Å². The maximum atomic E-state index is 11.5. The van der Waals surface area contributed by atoms with Gasteiger partial charge in [-0.15, -0.1) is 0 Å². The van der Waals surface area contributed by atoms with Crippen LogP contribution in [0.2, 0.25) is 0 Å². The van der Waals surface area contributed by atoms with Crippen molar-refractivity contribution in [2.45, 2.75) is 19.8 Å². The van der Waals surface area contributed by atoms with Crippen LogP contribution in [0.3, 0.4) is 0 Å². The average Bonchev–Trinajstić information content (AvgIpc) is 2.72. The number of hydrogen-bond acceptors (Lipinski definition) is 3. The maximum absolute atomic E-state index is 11.5. The molecule has 0 N–H and O–H groups in total. The first-order valence-corrected chi connectivity index (χ1v) is 5.76. The Morgan fingerprint density at radius 2 is 2.24 bits per heavy atom. The lowest BCUT2D eigenvalue weighted by atomic mass is 10.0. The summed E-state index contributed by atoms with van der Waals surface area (Å²) in [6.07, 6.45) is 3.31. The number of rotatable bonds is 4. The zero-order chi connectivity index (χ0) is 12.3. The molecule has 0 radical (unpaired) electrons. The second-order valence-corrected chi connectivity index (χ2v) is 3.94. The number of benzene rings is 1. The predicted molar refractivity (Wildman–Crippen MR) is 65.9 cm³/mol. The Hall–Kier alpha value is -1.77. The van der Waals surface area contributed by atoms with Gasteiger partial charge in [0.1, 0.15) is 5.75 Å². The summed E-state index contributed by atoms with van der Waals surface area (Å²) < 4.78 is 10.2. The SMILES string of the molecule is CCOC(=O)CC1=CCc2ccc(OC)cc21. The van der Waals surface area contributed by atoms with Crippen molar-refractivity contribution in [3.8, 4) is 5.75 Å². The fraction of sp³-hybridized carbons (Fsp3) is 0.357. The van der Waals surface area contributed by atoms with Gasteiger partial charge >= 0.3 is 5.97 Å². The first kappa shape index (κ1) is 11.7. The zero-order valence-corrected chi connectivity index (χ0v) is 10.2. The summed E-state index contributed by atoms with van der Waals surface area (Å²) in [5.41, 5.74) is 3.39. The molecule has 0 spiro atoms. The van der Waals surface area contributed by atoms with E-state index in [0.29, 0.717) is 13.0 Å². The molecule has 1 aliphatic rings. The molecule has 1 aliphatic carbocycles. The molecule has 0 aliphatic heterocycles. The van der Waals surface area contributed by atoms with E-state index in [2.05, 4.69) is 6.08 Å². The van der Waals surface area contributed by atoms with Crippen LogP contribution in [0, 0.1) is 0 Å². The molecule has 0 saturated carbocycles. The lowest BCUT2D eigenvalue weighted by molar-refractivity contribution is -0.141. The third-order valence-electron chi connectivity index (χ3n) is 2.87. The Balaban J connectivity index is 2.17. The van der Waals surface area contributed by atoms with Crippen molar-refractivity contribution >= 4 is 11.5 Å². The van der Waals surface area contributed by atoms with Gasteiger partial charge in [0.05, 0.1) is 20.1 Å². The number of carbonyl (C=O) groups is 1. The minimum Gasteiger partial charge on any atom is -0.497 e. The molecule has 0 fully saturated rings. The molecule has 0 bridgehead atoms. The highest BCUT2D eigenvalue weighted by molar-refractivity contribution is 5.88. The van der Waals surface area contributed by atoms with Crippen LogP contribution in [0.5, 0.6) is 5.75 Å². The molecule has 3 nitrogen and oxygen atoms in total. The van der Waals surface area contributed by atoms with Crippen LogP contribution < -0.4 is 4.74 Å². The standard InChI is InChI=1S/C14H16O3/c1-3-17-14(15)8-11-5-4-10-6-7-12(16-2)9-13(10)11/h5-7,9H,3-4,8H2,1-2H3. The van der Waals surface area contributed by atoms with Gasteiger partial charge in [-0.05, 0) is 42.2 Å². The first-order chi connectivity index (χ1) is 8.24. The Morgan fingerprint density at radius 1 is 1.41 bits per heavy atom. The van der Waals surface area contributed by atoms with Crippen LogP contribution in [0.4, 0.5) is 0 Å². The first-order valence-electron chi connectivity index (χ1n) is 5.76. The van der Waals surface area contributed by atoms with Gasteiger partial charge in [-0.3, -0.25) is 4.79 Å². The monoisotopic (exact) mass is 232 g/mol. The van der Waals surface area contributed by atoms with E-state index in [0.717, 1.165) is 23.3 Å². The van der Waals surface area contributed by atoms with Gasteiger partial charge in [0.15, 0.2) is 0 Å². The number of allylic oxidation sites excluding steroid dienone is 1. The van der Waals surface area contributed by atoms with Crippen molar-refractivity contribution in [1.29, 1.82) is 0 Å². The van der Waals surface area contributed by atoms with E-state index in [1.54, 1.807) is 7.11 Å². The summed E-state index contributed by atoms with van der Waals surface area (Å²) >= 11 is 0. The Morgan fingerprint density at radius 3 is 2.94 bits per heavy atom. The zero-order valence-electron chi connectivity index (χ0n) is 10.2. The van der Waals surface area contributed by atoms with E-state index in [1.165, 1.54) is 5.56 Å². The Kier molecular flexibility index (Phi) is 3.47. The summed E-state index contributed by atoms with van der Waals surface area (Å²) in [7, 11) is 1.64. The highest BCUT2D eigenvalue weighted by atomic mass is 16.5. The number of methoxy groups -OCH3 is 1. The molecular weight excluding hydrogens is 216 g/mol. The van der Waals surface area contributed by atoms with E-state index in [-0.39, 0.29) is 5.97 Å². The molecule has 1 aromatic rings. The largest absolute Gasteiger partial charge is 0.497 e. The molecule has 0 atom stereocenters. The van der Waals surface area contributed by atoms with Crippen molar-refractivity contribution in [3.05, 3.63) is 35.4 Å². The van der Waals surface area contributed by atoms with E-state index < -0.39 is 0 Å². The average molecular weight is 232 g/mol. The van der Waals surface area contributed by atoms with E-state index >= 15 is 0 Å². The molecule has 2 rings (SSSR count). The molecule has 0 heterocycles. The molecule has 0 saturated heterocycles. The number of ether oxygens (including phenoxy) is 2. The predicted octanol–water partition coefficient (Wildman–Crippen LogP) is 2.59. The van der Waals surface area contributed by atoms with E-state index in [9.17, 15) is 4.79 Å². The van der Waals surface area contributed by atoms with Crippen molar-refractivity contribution < 1.29 is 14.3 Å². The van der Waals surface area contributed by atoms with Crippen molar-refractivity contribution in [3.63, 3.8) is 0 Å². The van der Waals surface area contributed by atoms with Crippen LogP contribution in [-0.4, -0.2) is 19.7 Å². The topological polar surface area (TPSA) is 35.5 Å². The van der Waals surface area contributed by atoms with Gasteiger partial charge in [0, 0.05) is 0 Å². The molecular formula is C14H16O3.